The maximum atomic E-state index is 13.6. The molecule has 0 bridgehead atoms. The highest BCUT2D eigenvalue weighted by atomic mass is 32.2. The summed E-state index contributed by atoms with van der Waals surface area (Å²) >= 11 is 1.21. The van der Waals surface area contributed by atoms with Gasteiger partial charge in [0.15, 0.2) is 0 Å². The molecule has 1 amide bonds. The fourth-order valence-electron chi connectivity index (χ4n) is 4.79. The summed E-state index contributed by atoms with van der Waals surface area (Å²) in [5.41, 5.74) is 6.57. The maximum Gasteiger partial charge on any atom is 0.408 e. The van der Waals surface area contributed by atoms with Crippen LogP contribution in [0.4, 0.5) is 9.18 Å². The van der Waals surface area contributed by atoms with Gasteiger partial charge in [0.25, 0.3) is 0 Å². The Hall–Kier alpha value is -2.98. The lowest BCUT2D eigenvalue weighted by Gasteiger charge is -2.37. The second-order valence-electron chi connectivity index (χ2n) is 9.29. The smallest absolute Gasteiger partial charge is 0.408 e. The third-order valence-electron chi connectivity index (χ3n) is 6.08. The highest BCUT2D eigenvalue weighted by Crippen LogP contribution is 2.66. The first-order chi connectivity index (χ1) is 15.3. The molecule has 2 aliphatic rings. The number of ether oxygens (including phenoxy) is 1. The number of aliphatic carboxylic acids is 2. The van der Waals surface area contributed by atoms with Crippen molar-refractivity contribution in [2.24, 2.45) is 28.8 Å². The Morgan fingerprint density at radius 3 is 2.52 bits per heavy atom. The molecule has 12 heteroatoms. The van der Waals surface area contributed by atoms with E-state index in [9.17, 15) is 29.0 Å². The number of nitrogens with zero attached hydrogens (tertiary/aromatic N) is 3. The van der Waals surface area contributed by atoms with Crippen molar-refractivity contribution < 1.29 is 33.7 Å². The topological polar surface area (TPSA) is 162 Å². The van der Waals surface area contributed by atoms with Crippen LogP contribution in [0.5, 0.6) is 0 Å². The summed E-state index contributed by atoms with van der Waals surface area (Å²) in [4.78, 5) is 40.5. The molecule has 0 saturated heterocycles. The predicted molar refractivity (Wildman–Crippen MR) is 116 cm³/mol. The number of carbonyl (C=O) groups is 3. The van der Waals surface area contributed by atoms with Crippen LogP contribution in [-0.2, 0) is 14.3 Å². The lowest BCUT2D eigenvalue weighted by Crippen LogP contribution is -2.63. The molecule has 0 spiro atoms. The van der Waals surface area contributed by atoms with Crippen molar-refractivity contribution in [3.63, 3.8) is 0 Å². The number of aryl methyl sites for hydroxylation is 1. The minimum atomic E-state index is -2.02. The van der Waals surface area contributed by atoms with Crippen LogP contribution in [0.15, 0.2) is 28.2 Å². The van der Waals surface area contributed by atoms with E-state index in [0.29, 0.717) is 10.5 Å². The van der Waals surface area contributed by atoms with Crippen molar-refractivity contribution in [3.8, 4) is 0 Å². The van der Waals surface area contributed by atoms with Gasteiger partial charge in [-0.1, -0.05) is 5.11 Å². The van der Waals surface area contributed by atoms with Crippen LogP contribution in [0.1, 0.15) is 26.3 Å². The van der Waals surface area contributed by atoms with Crippen molar-refractivity contribution in [2.45, 2.75) is 49.8 Å². The zero-order valence-electron chi connectivity index (χ0n) is 18.5. The summed E-state index contributed by atoms with van der Waals surface area (Å²) in [6.45, 7) is 6.43. The van der Waals surface area contributed by atoms with Crippen LogP contribution in [0, 0.1) is 36.4 Å². The number of carbonyl (C=O) groups excluding carboxylic acids is 1. The van der Waals surface area contributed by atoms with Gasteiger partial charge in [0.05, 0.1) is 5.92 Å². The third kappa shape index (κ3) is 4.58. The summed E-state index contributed by atoms with van der Waals surface area (Å²) in [6.07, 6.45) is -1.01. The van der Waals surface area contributed by atoms with Crippen molar-refractivity contribution in [1.29, 1.82) is 0 Å². The molecule has 6 atom stereocenters. The SMILES string of the molecule is Cc1cc(SC[C@@H]2[C@@H](N=[N+]=[N-])[C@H]3[C@H](C(=O)O)[C@H]3[C@]2(NC(=O)OC(C)(C)C)C(=O)O)ccc1F. The van der Waals surface area contributed by atoms with Crippen molar-refractivity contribution in [2.75, 3.05) is 5.75 Å². The Morgan fingerprint density at radius 1 is 1.33 bits per heavy atom. The average Bonchev–Trinajstić information content (AvgIpc) is 3.37. The standard InChI is InChI=1S/C21H25FN4O6S/c1-9-7-10(5-6-12(9)22)33-8-11-16(25-26-23)13-14(17(27)28)15(13)21(11,18(29)30)24-19(31)32-20(2,3)4/h5-7,11,13-16H,8H2,1-4H3,(H,24,31)(H,27,28)(H,29,30)/t11-,13+,14+,15+,16-,21+/m1/s1. The van der Waals surface area contributed by atoms with E-state index in [-0.39, 0.29) is 11.6 Å². The minimum absolute atomic E-state index is 0.0796. The van der Waals surface area contributed by atoms with Crippen LogP contribution < -0.4 is 5.32 Å². The third-order valence-corrected chi connectivity index (χ3v) is 7.20. The molecule has 3 rings (SSSR count). The molecule has 2 aliphatic carbocycles. The molecule has 33 heavy (non-hydrogen) atoms. The van der Waals surface area contributed by atoms with Gasteiger partial charge in [-0.2, -0.15) is 0 Å². The molecule has 10 nitrogen and oxygen atoms in total. The van der Waals surface area contributed by atoms with Gasteiger partial charge in [0.2, 0.25) is 0 Å². The van der Waals surface area contributed by atoms with Gasteiger partial charge in [0.1, 0.15) is 17.0 Å². The van der Waals surface area contributed by atoms with Gasteiger partial charge < -0.3 is 20.3 Å². The van der Waals surface area contributed by atoms with Gasteiger partial charge in [0, 0.05) is 33.4 Å². The summed E-state index contributed by atoms with van der Waals surface area (Å²) < 4.78 is 18.9. The maximum absolute atomic E-state index is 13.6. The first-order valence-electron chi connectivity index (χ1n) is 10.2. The van der Waals surface area contributed by atoms with Gasteiger partial charge in [-0.3, -0.25) is 4.79 Å². The molecule has 1 aromatic rings. The van der Waals surface area contributed by atoms with E-state index in [2.05, 4.69) is 15.3 Å². The number of amides is 1. The van der Waals surface area contributed by atoms with Gasteiger partial charge >= 0.3 is 18.0 Å². The van der Waals surface area contributed by atoms with Gasteiger partial charge in [-0.05, 0) is 62.9 Å². The lowest BCUT2D eigenvalue weighted by atomic mass is 9.80. The molecule has 178 valence electrons. The number of nitrogens with one attached hydrogen (secondary N) is 1. The summed E-state index contributed by atoms with van der Waals surface area (Å²) in [6, 6.07) is 3.46. The first kappa shape index (κ1) is 24.7. The number of fused-ring (bicyclic) bond motifs is 1. The van der Waals surface area contributed by atoms with Gasteiger partial charge in [-0.15, -0.1) is 11.8 Å². The zero-order chi connectivity index (χ0) is 24.7. The lowest BCUT2D eigenvalue weighted by molar-refractivity contribution is -0.149. The molecule has 3 N–H and O–H groups in total. The Labute approximate surface area is 193 Å². The fraction of sp³-hybridized carbons (Fsp3) is 0.571. The number of carboxylic acid groups (broad SMARTS) is 2. The van der Waals surface area contributed by atoms with E-state index in [1.54, 1.807) is 33.8 Å². The first-order valence-corrected chi connectivity index (χ1v) is 11.2. The molecule has 0 heterocycles. The second-order valence-corrected chi connectivity index (χ2v) is 10.4. The van der Waals surface area contributed by atoms with E-state index in [0.717, 1.165) is 0 Å². The number of rotatable bonds is 7. The number of hydrogen-bond donors (Lipinski definition) is 3. The Balaban J connectivity index is 2.00. The van der Waals surface area contributed by atoms with Crippen LogP contribution in [0.3, 0.4) is 0 Å². The largest absolute Gasteiger partial charge is 0.481 e. The molecular formula is C21H25FN4O6S. The molecule has 0 unspecified atom stereocenters. The van der Waals surface area contributed by atoms with Crippen LogP contribution >= 0.6 is 11.8 Å². The number of benzene rings is 1. The molecule has 0 aliphatic heterocycles. The van der Waals surface area contributed by atoms with E-state index < -0.39 is 58.9 Å². The zero-order valence-corrected chi connectivity index (χ0v) is 19.3. The van der Waals surface area contributed by atoms with Crippen LogP contribution in [0.2, 0.25) is 0 Å². The molecule has 2 saturated carbocycles. The monoisotopic (exact) mass is 480 g/mol. The molecule has 0 radical (unpaired) electrons. The Morgan fingerprint density at radius 2 is 2.00 bits per heavy atom. The Kier molecular flexibility index (Phi) is 6.54. The van der Waals surface area contributed by atoms with E-state index in [1.165, 1.54) is 23.9 Å². The van der Waals surface area contributed by atoms with E-state index >= 15 is 0 Å². The second kappa shape index (κ2) is 8.75. The number of hydrogen-bond acceptors (Lipinski definition) is 6. The van der Waals surface area contributed by atoms with Crippen molar-refractivity contribution >= 4 is 29.8 Å². The van der Waals surface area contributed by atoms with E-state index in [1.807, 2.05) is 0 Å². The minimum Gasteiger partial charge on any atom is -0.481 e. The number of carboxylic acids is 2. The molecule has 0 aromatic heterocycles. The number of alkyl carbamates (subject to hydrolysis) is 1. The van der Waals surface area contributed by atoms with Crippen molar-refractivity contribution in [1.82, 2.24) is 5.32 Å². The van der Waals surface area contributed by atoms with Crippen LogP contribution in [-0.4, -0.2) is 51.2 Å². The molecular weight excluding hydrogens is 455 g/mol. The summed E-state index contributed by atoms with van der Waals surface area (Å²) in [7, 11) is 0. The van der Waals surface area contributed by atoms with Crippen molar-refractivity contribution in [3.05, 3.63) is 40.0 Å². The molecule has 2 fully saturated rings. The summed E-state index contributed by atoms with van der Waals surface area (Å²) in [5.74, 6) is -6.69. The fourth-order valence-corrected chi connectivity index (χ4v) is 6.05. The predicted octanol–water partition coefficient (Wildman–Crippen LogP) is 3.83. The average molecular weight is 481 g/mol. The van der Waals surface area contributed by atoms with E-state index in [4.69, 9.17) is 10.3 Å². The highest BCUT2D eigenvalue weighted by Gasteiger charge is 2.79. The van der Waals surface area contributed by atoms with Crippen LogP contribution in [0.25, 0.3) is 10.4 Å². The number of halogens is 1. The Bertz CT molecular complexity index is 1040. The number of thioether (sulfide) groups is 1. The highest BCUT2D eigenvalue weighted by molar-refractivity contribution is 7.99. The quantitative estimate of drug-likeness (QED) is 0.231. The van der Waals surface area contributed by atoms with Gasteiger partial charge in [-0.25, -0.2) is 14.0 Å². The normalized spacial score (nSPS) is 30.0. The summed E-state index contributed by atoms with van der Waals surface area (Å²) in [5, 5.41) is 26.1. The number of azide groups is 1. The molecule has 1 aromatic carbocycles.